The molecule has 1 atom stereocenters. The standard InChI is InChI=1S/C18H15ClN2O5S/c1-26-16-5-3-2-4-12(16)15(10-22)21-27(24,25)17-8-11-6-7-18(23)20-14(11)9-13(17)19/h2-10,15,21H,1H3,(H,20,23). The van der Waals surface area contributed by atoms with Crippen LogP contribution in [0, 0.1) is 0 Å². The van der Waals surface area contributed by atoms with Gasteiger partial charge in [-0.3, -0.25) is 4.79 Å². The highest BCUT2D eigenvalue weighted by Gasteiger charge is 2.25. The van der Waals surface area contributed by atoms with Gasteiger partial charge >= 0.3 is 0 Å². The summed E-state index contributed by atoms with van der Waals surface area (Å²) in [5, 5.41) is 0.404. The van der Waals surface area contributed by atoms with Crippen molar-refractivity contribution in [2.24, 2.45) is 0 Å². The maximum Gasteiger partial charge on any atom is 0.248 e. The van der Waals surface area contributed by atoms with Gasteiger partial charge in [0.05, 0.1) is 12.1 Å². The van der Waals surface area contributed by atoms with Gasteiger partial charge in [-0.25, -0.2) is 8.42 Å². The maximum absolute atomic E-state index is 12.8. The number of halogens is 1. The lowest BCUT2D eigenvalue weighted by Crippen LogP contribution is -2.30. The van der Waals surface area contributed by atoms with Gasteiger partial charge in [0, 0.05) is 17.1 Å². The highest BCUT2D eigenvalue weighted by atomic mass is 35.5. The number of methoxy groups -OCH3 is 1. The smallest absolute Gasteiger partial charge is 0.248 e. The minimum absolute atomic E-state index is 0.0819. The molecule has 27 heavy (non-hydrogen) atoms. The van der Waals surface area contributed by atoms with Gasteiger partial charge in [-0.1, -0.05) is 29.8 Å². The van der Waals surface area contributed by atoms with Crippen molar-refractivity contribution in [3.05, 3.63) is 69.5 Å². The predicted octanol–water partition coefficient (Wildman–Crippen LogP) is 2.41. The van der Waals surface area contributed by atoms with Crippen LogP contribution in [0.25, 0.3) is 10.9 Å². The minimum atomic E-state index is -4.14. The van der Waals surface area contributed by atoms with Gasteiger partial charge in [0.15, 0.2) is 0 Å². The largest absolute Gasteiger partial charge is 0.496 e. The molecule has 9 heteroatoms. The van der Waals surface area contributed by atoms with Crippen molar-refractivity contribution in [3.63, 3.8) is 0 Å². The third kappa shape index (κ3) is 3.87. The molecular formula is C18H15ClN2O5S. The number of aromatic amines is 1. The van der Waals surface area contributed by atoms with E-state index in [1.165, 1.54) is 31.4 Å². The zero-order chi connectivity index (χ0) is 19.6. The van der Waals surface area contributed by atoms with E-state index in [1.54, 1.807) is 24.3 Å². The molecule has 0 bridgehead atoms. The van der Waals surface area contributed by atoms with E-state index in [-0.39, 0.29) is 15.5 Å². The number of carbonyl (C=O) groups excluding carboxylic acids is 1. The quantitative estimate of drug-likeness (QED) is 0.611. The summed E-state index contributed by atoms with van der Waals surface area (Å²) in [4.78, 5) is 25.3. The molecule has 3 aromatic rings. The van der Waals surface area contributed by atoms with E-state index in [0.717, 1.165) is 0 Å². The van der Waals surface area contributed by atoms with Crippen LogP contribution in [0.5, 0.6) is 5.75 Å². The molecule has 0 spiro atoms. The number of ether oxygens (including phenoxy) is 1. The van der Waals surface area contributed by atoms with Crippen molar-refractivity contribution in [2.45, 2.75) is 10.9 Å². The highest BCUT2D eigenvalue weighted by Crippen LogP contribution is 2.29. The number of benzene rings is 2. The number of nitrogens with one attached hydrogen (secondary N) is 2. The van der Waals surface area contributed by atoms with Crippen LogP contribution in [0.4, 0.5) is 0 Å². The first-order chi connectivity index (χ1) is 12.9. The van der Waals surface area contributed by atoms with Crippen LogP contribution in [0.2, 0.25) is 5.02 Å². The summed E-state index contributed by atoms with van der Waals surface area (Å²) in [5.74, 6) is 0.375. The van der Waals surface area contributed by atoms with E-state index in [0.29, 0.717) is 28.5 Å². The van der Waals surface area contributed by atoms with Gasteiger partial charge < -0.3 is 14.5 Å². The van der Waals surface area contributed by atoms with E-state index in [9.17, 15) is 18.0 Å². The number of H-pyrrole nitrogens is 1. The molecule has 0 saturated carbocycles. The summed E-state index contributed by atoms with van der Waals surface area (Å²) >= 11 is 6.12. The number of para-hydroxylation sites is 1. The number of hydrogen-bond donors (Lipinski definition) is 2. The van der Waals surface area contributed by atoms with E-state index in [1.807, 2.05) is 0 Å². The molecule has 0 aliphatic carbocycles. The monoisotopic (exact) mass is 406 g/mol. The van der Waals surface area contributed by atoms with Crippen molar-refractivity contribution < 1.29 is 17.9 Å². The van der Waals surface area contributed by atoms with Crippen LogP contribution >= 0.6 is 11.6 Å². The zero-order valence-corrected chi connectivity index (χ0v) is 15.7. The zero-order valence-electron chi connectivity index (χ0n) is 14.1. The average Bonchev–Trinajstić information content (AvgIpc) is 2.65. The van der Waals surface area contributed by atoms with Crippen LogP contribution < -0.4 is 15.0 Å². The maximum atomic E-state index is 12.8. The molecule has 1 unspecified atom stereocenters. The number of fused-ring (bicyclic) bond motifs is 1. The summed E-state index contributed by atoms with van der Waals surface area (Å²) in [6, 6.07) is 10.9. The molecular weight excluding hydrogens is 392 g/mol. The molecule has 2 N–H and O–H groups in total. The molecule has 0 aliphatic heterocycles. The van der Waals surface area contributed by atoms with E-state index >= 15 is 0 Å². The second kappa shape index (κ2) is 7.51. The minimum Gasteiger partial charge on any atom is -0.496 e. The Bertz CT molecular complexity index is 1170. The Morgan fingerprint density at radius 1 is 1.19 bits per heavy atom. The summed E-state index contributed by atoms with van der Waals surface area (Å²) in [5.41, 5.74) is 0.451. The van der Waals surface area contributed by atoms with Gasteiger partial charge in [-0.2, -0.15) is 4.72 Å². The fourth-order valence-electron chi connectivity index (χ4n) is 2.68. The summed E-state index contributed by atoms with van der Waals surface area (Å²) in [7, 11) is -2.71. The van der Waals surface area contributed by atoms with Gasteiger partial charge in [0.25, 0.3) is 0 Å². The molecule has 0 amide bonds. The van der Waals surface area contributed by atoms with Crippen molar-refractivity contribution in [1.29, 1.82) is 0 Å². The fraction of sp³-hybridized carbons (Fsp3) is 0.111. The molecule has 1 aromatic heterocycles. The number of aldehydes is 1. The Kier molecular flexibility index (Phi) is 5.31. The Hall–Kier alpha value is -2.68. The van der Waals surface area contributed by atoms with Crippen molar-refractivity contribution in [1.82, 2.24) is 9.71 Å². The molecule has 0 fully saturated rings. The topological polar surface area (TPSA) is 105 Å². The average molecular weight is 407 g/mol. The molecule has 0 saturated heterocycles. The van der Waals surface area contributed by atoms with Gasteiger partial charge in [0.2, 0.25) is 15.6 Å². The molecule has 0 radical (unpaired) electrons. The fourth-order valence-corrected chi connectivity index (χ4v) is 4.39. The second-order valence-electron chi connectivity index (χ2n) is 5.67. The Balaban J connectivity index is 2.04. The second-order valence-corrected chi connectivity index (χ2v) is 7.76. The van der Waals surface area contributed by atoms with Crippen LogP contribution in [0.1, 0.15) is 11.6 Å². The molecule has 3 rings (SSSR count). The number of rotatable bonds is 6. The van der Waals surface area contributed by atoms with E-state index in [2.05, 4.69) is 9.71 Å². The Morgan fingerprint density at radius 2 is 1.93 bits per heavy atom. The van der Waals surface area contributed by atoms with Gasteiger partial charge in [0.1, 0.15) is 23.0 Å². The first-order valence-corrected chi connectivity index (χ1v) is 9.65. The Morgan fingerprint density at radius 3 is 2.63 bits per heavy atom. The van der Waals surface area contributed by atoms with Gasteiger partial charge in [-0.15, -0.1) is 0 Å². The van der Waals surface area contributed by atoms with Gasteiger partial charge in [-0.05, 0) is 29.7 Å². The number of carbonyl (C=O) groups is 1. The molecule has 7 nitrogen and oxygen atoms in total. The third-order valence-electron chi connectivity index (χ3n) is 3.96. The van der Waals surface area contributed by atoms with Crippen LogP contribution in [-0.4, -0.2) is 26.8 Å². The molecule has 2 aromatic carbocycles. The van der Waals surface area contributed by atoms with Crippen LogP contribution in [-0.2, 0) is 14.8 Å². The van der Waals surface area contributed by atoms with Crippen LogP contribution in [0.15, 0.2) is 58.2 Å². The molecule has 140 valence electrons. The van der Waals surface area contributed by atoms with Crippen molar-refractivity contribution in [2.75, 3.05) is 7.11 Å². The number of sulfonamides is 1. The van der Waals surface area contributed by atoms with Crippen LogP contribution in [0.3, 0.4) is 0 Å². The normalized spacial score (nSPS) is 12.7. The number of pyridine rings is 1. The third-order valence-corrected chi connectivity index (χ3v) is 5.86. The lowest BCUT2D eigenvalue weighted by molar-refractivity contribution is -0.109. The van der Waals surface area contributed by atoms with E-state index in [4.69, 9.17) is 16.3 Å². The Labute approximate surface area is 160 Å². The first-order valence-electron chi connectivity index (χ1n) is 7.79. The van der Waals surface area contributed by atoms with Crippen molar-refractivity contribution in [3.8, 4) is 5.75 Å². The lowest BCUT2D eigenvalue weighted by atomic mass is 10.1. The summed E-state index contributed by atoms with van der Waals surface area (Å²) in [6.07, 6.45) is 0.474. The predicted molar refractivity (Wildman–Crippen MR) is 102 cm³/mol. The summed E-state index contributed by atoms with van der Waals surface area (Å²) < 4.78 is 33.2. The number of hydrogen-bond acceptors (Lipinski definition) is 5. The highest BCUT2D eigenvalue weighted by molar-refractivity contribution is 7.89. The van der Waals surface area contributed by atoms with E-state index < -0.39 is 16.1 Å². The lowest BCUT2D eigenvalue weighted by Gasteiger charge is -2.17. The summed E-state index contributed by atoms with van der Waals surface area (Å²) in [6.45, 7) is 0. The van der Waals surface area contributed by atoms with Crippen molar-refractivity contribution >= 4 is 38.8 Å². The molecule has 1 heterocycles. The first kappa shape index (κ1) is 19.1. The number of aromatic nitrogens is 1. The molecule has 0 aliphatic rings. The SMILES string of the molecule is COc1ccccc1C(C=O)NS(=O)(=O)c1cc2ccc(=O)[nH]c2cc1Cl.